The summed E-state index contributed by atoms with van der Waals surface area (Å²) in [7, 11) is -3.58. The molecule has 3 rings (SSSR count). The zero-order valence-electron chi connectivity index (χ0n) is 15.5. The number of carbonyl (C=O) groups is 1. The fraction of sp³-hybridized carbons (Fsp3) is 0.350. The average molecular weight is 388 g/mol. The lowest BCUT2D eigenvalue weighted by molar-refractivity contribution is 0.0102. The molecule has 0 bridgehead atoms. The Morgan fingerprint density at radius 1 is 1.15 bits per heavy atom. The number of rotatable bonds is 5. The summed E-state index contributed by atoms with van der Waals surface area (Å²) in [4.78, 5) is 12.5. The van der Waals surface area contributed by atoms with Crippen molar-refractivity contribution in [1.82, 2.24) is 9.62 Å². The third-order valence-electron chi connectivity index (χ3n) is 4.53. The topological polar surface area (TPSA) is 75.7 Å². The van der Waals surface area contributed by atoms with E-state index in [-0.39, 0.29) is 16.9 Å². The van der Waals surface area contributed by atoms with Gasteiger partial charge in [-0.15, -0.1) is 0 Å². The molecule has 0 aliphatic carbocycles. The van der Waals surface area contributed by atoms with Crippen LogP contribution in [0, 0.1) is 6.92 Å². The quantitative estimate of drug-likeness (QED) is 0.853. The molecule has 144 valence electrons. The summed E-state index contributed by atoms with van der Waals surface area (Å²) in [5.41, 5.74) is 2.60. The van der Waals surface area contributed by atoms with Gasteiger partial charge in [-0.1, -0.05) is 29.8 Å². The highest BCUT2D eigenvalue weighted by atomic mass is 32.2. The largest absolute Gasteiger partial charge is 0.376 e. The molecule has 1 saturated heterocycles. The molecule has 2 aromatic carbocycles. The first-order chi connectivity index (χ1) is 12.9. The highest BCUT2D eigenvalue weighted by Gasteiger charge is 2.29. The predicted octanol–water partition coefficient (Wildman–Crippen LogP) is 2.33. The van der Waals surface area contributed by atoms with Crippen LogP contribution in [0.3, 0.4) is 0 Å². The zero-order chi connectivity index (χ0) is 19.4. The van der Waals surface area contributed by atoms with E-state index in [2.05, 4.69) is 5.32 Å². The SMILES string of the molecule is Cc1ccc(CNC(=O)c2ccc(S(=O)(=O)N3CCOC(C)C3)cc2)cc1. The van der Waals surface area contributed by atoms with E-state index in [1.165, 1.54) is 16.4 Å². The summed E-state index contributed by atoms with van der Waals surface area (Å²) >= 11 is 0. The van der Waals surface area contributed by atoms with E-state index in [0.29, 0.717) is 31.8 Å². The molecule has 0 saturated carbocycles. The standard InChI is InChI=1S/C20H24N2O4S/c1-15-3-5-17(6-4-15)13-21-20(23)18-7-9-19(10-8-18)27(24,25)22-11-12-26-16(2)14-22/h3-10,16H,11-14H2,1-2H3,(H,21,23). The van der Waals surface area contributed by atoms with Gasteiger partial charge in [0.1, 0.15) is 0 Å². The molecule has 1 aliphatic heterocycles. The molecule has 0 radical (unpaired) electrons. The molecule has 6 nitrogen and oxygen atoms in total. The minimum absolute atomic E-state index is 0.125. The van der Waals surface area contributed by atoms with Gasteiger partial charge in [-0.2, -0.15) is 4.31 Å². The van der Waals surface area contributed by atoms with E-state index >= 15 is 0 Å². The summed E-state index contributed by atoms with van der Waals surface area (Å²) in [5.74, 6) is -0.237. The molecule has 1 N–H and O–H groups in total. The number of aryl methyl sites for hydroxylation is 1. The van der Waals surface area contributed by atoms with E-state index in [9.17, 15) is 13.2 Å². The first-order valence-corrected chi connectivity index (χ1v) is 10.4. The van der Waals surface area contributed by atoms with E-state index in [1.807, 2.05) is 38.1 Å². The van der Waals surface area contributed by atoms with Gasteiger partial charge in [0, 0.05) is 25.2 Å². The van der Waals surface area contributed by atoms with Crippen LogP contribution >= 0.6 is 0 Å². The third-order valence-corrected chi connectivity index (χ3v) is 6.41. The summed E-state index contributed by atoms with van der Waals surface area (Å²) in [6.45, 7) is 5.34. The molecule has 0 aromatic heterocycles. The maximum atomic E-state index is 12.7. The number of nitrogens with one attached hydrogen (secondary N) is 1. The van der Waals surface area contributed by atoms with Crippen molar-refractivity contribution >= 4 is 15.9 Å². The Kier molecular flexibility index (Phi) is 5.94. The van der Waals surface area contributed by atoms with Gasteiger partial charge in [-0.05, 0) is 43.7 Å². The number of morpholine rings is 1. The normalized spacial score (nSPS) is 18.2. The molecule has 1 fully saturated rings. The fourth-order valence-corrected chi connectivity index (χ4v) is 4.42. The van der Waals surface area contributed by atoms with Crippen LogP contribution in [0.1, 0.15) is 28.4 Å². The maximum Gasteiger partial charge on any atom is 0.251 e. The van der Waals surface area contributed by atoms with Gasteiger partial charge in [0.2, 0.25) is 10.0 Å². The first kappa shape index (κ1) is 19.5. The van der Waals surface area contributed by atoms with E-state index in [4.69, 9.17) is 4.74 Å². The van der Waals surface area contributed by atoms with Gasteiger partial charge < -0.3 is 10.1 Å². The number of benzene rings is 2. The highest BCUT2D eigenvalue weighted by molar-refractivity contribution is 7.89. The van der Waals surface area contributed by atoms with Gasteiger partial charge in [0.15, 0.2) is 0 Å². The minimum Gasteiger partial charge on any atom is -0.376 e. The molecule has 1 amide bonds. The van der Waals surface area contributed by atoms with Crippen molar-refractivity contribution in [3.8, 4) is 0 Å². The van der Waals surface area contributed by atoms with Crippen LogP contribution in [-0.2, 0) is 21.3 Å². The number of amides is 1. The molecule has 1 atom stereocenters. The molecule has 2 aromatic rings. The number of hydrogen-bond acceptors (Lipinski definition) is 4. The molecular weight excluding hydrogens is 364 g/mol. The lowest BCUT2D eigenvalue weighted by Gasteiger charge is -2.30. The summed E-state index contributed by atoms with van der Waals surface area (Å²) in [5, 5.41) is 2.85. The van der Waals surface area contributed by atoms with Gasteiger partial charge in [-0.3, -0.25) is 4.79 Å². The predicted molar refractivity (Wildman–Crippen MR) is 103 cm³/mol. The molecule has 1 unspecified atom stereocenters. The monoisotopic (exact) mass is 388 g/mol. The van der Waals surface area contributed by atoms with Crippen molar-refractivity contribution in [2.75, 3.05) is 19.7 Å². The van der Waals surface area contributed by atoms with Crippen LogP contribution in [0.5, 0.6) is 0 Å². The number of ether oxygens (including phenoxy) is 1. The van der Waals surface area contributed by atoms with Crippen LogP contribution in [0.25, 0.3) is 0 Å². The van der Waals surface area contributed by atoms with Crippen LogP contribution in [-0.4, -0.2) is 44.4 Å². The molecule has 1 heterocycles. The van der Waals surface area contributed by atoms with Crippen molar-refractivity contribution in [3.63, 3.8) is 0 Å². The Bertz CT molecular complexity index is 893. The molecule has 7 heteroatoms. The third kappa shape index (κ3) is 4.74. The number of sulfonamides is 1. The zero-order valence-corrected chi connectivity index (χ0v) is 16.3. The lowest BCUT2D eigenvalue weighted by Crippen LogP contribution is -2.44. The Morgan fingerprint density at radius 3 is 2.44 bits per heavy atom. The molecule has 0 spiro atoms. The van der Waals surface area contributed by atoms with Crippen molar-refractivity contribution in [2.45, 2.75) is 31.4 Å². The Balaban J connectivity index is 1.65. The van der Waals surface area contributed by atoms with Gasteiger partial charge in [0.05, 0.1) is 17.6 Å². The Labute approximate surface area is 160 Å². The van der Waals surface area contributed by atoms with Crippen LogP contribution in [0.4, 0.5) is 0 Å². The minimum atomic E-state index is -3.58. The van der Waals surface area contributed by atoms with Crippen molar-refractivity contribution in [2.24, 2.45) is 0 Å². The van der Waals surface area contributed by atoms with Crippen LogP contribution < -0.4 is 5.32 Å². The van der Waals surface area contributed by atoms with E-state index in [1.54, 1.807) is 12.1 Å². The van der Waals surface area contributed by atoms with Crippen LogP contribution in [0.2, 0.25) is 0 Å². The lowest BCUT2D eigenvalue weighted by atomic mass is 10.1. The summed E-state index contributed by atoms with van der Waals surface area (Å²) in [6, 6.07) is 14.0. The molecule has 27 heavy (non-hydrogen) atoms. The van der Waals surface area contributed by atoms with Crippen molar-refractivity contribution in [3.05, 3.63) is 65.2 Å². The molecule has 1 aliphatic rings. The maximum absolute atomic E-state index is 12.7. The first-order valence-electron chi connectivity index (χ1n) is 8.92. The Morgan fingerprint density at radius 2 is 1.81 bits per heavy atom. The number of carbonyl (C=O) groups excluding carboxylic acids is 1. The van der Waals surface area contributed by atoms with E-state index < -0.39 is 10.0 Å². The number of hydrogen-bond donors (Lipinski definition) is 1. The molecular formula is C20H24N2O4S. The highest BCUT2D eigenvalue weighted by Crippen LogP contribution is 2.19. The van der Waals surface area contributed by atoms with Gasteiger partial charge in [-0.25, -0.2) is 8.42 Å². The van der Waals surface area contributed by atoms with E-state index in [0.717, 1.165) is 11.1 Å². The van der Waals surface area contributed by atoms with Gasteiger partial charge >= 0.3 is 0 Å². The second kappa shape index (κ2) is 8.21. The number of nitrogens with zero attached hydrogens (tertiary/aromatic N) is 1. The average Bonchev–Trinajstić information content (AvgIpc) is 2.67. The second-order valence-corrected chi connectivity index (χ2v) is 8.68. The summed E-state index contributed by atoms with van der Waals surface area (Å²) < 4.78 is 32.3. The Hall–Kier alpha value is -2.22. The smallest absolute Gasteiger partial charge is 0.251 e. The fourth-order valence-electron chi connectivity index (χ4n) is 2.92. The van der Waals surface area contributed by atoms with Crippen molar-refractivity contribution < 1.29 is 17.9 Å². The second-order valence-electron chi connectivity index (χ2n) is 6.74. The van der Waals surface area contributed by atoms with Crippen LogP contribution in [0.15, 0.2) is 53.4 Å². The summed E-state index contributed by atoms with van der Waals surface area (Å²) in [6.07, 6.45) is -0.125. The van der Waals surface area contributed by atoms with Gasteiger partial charge in [0.25, 0.3) is 5.91 Å². The van der Waals surface area contributed by atoms with Crippen molar-refractivity contribution in [1.29, 1.82) is 0 Å².